The highest BCUT2D eigenvalue weighted by Gasteiger charge is 2.23. The van der Waals surface area contributed by atoms with E-state index in [1.807, 2.05) is 42.5 Å². The summed E-state index contributed by atoms with van der Waals surface area (Å²) in [4.78, 5) is 15.6. The highest BCUT2D eigenvalue weighted by atomic mass is 16.5. The van der Waals surface area contributed by atoms with Gasteiger partial charge in [0.1, 0.15) is 5.75 Å². The van der Waals surface area contributed by atoms with Crippen molar-refractivity contribution in [3.8, 4) is 16.9 Å². The second-order valence-electron chi connectivity index (χ2n) is 6.86. The lowest BCUT2D eigenvalue weighted by Crippen LogP contribution is -2.49. The molecule has 0 saturated carbocycles. The maximum Gasteiger partial charge on any atom is 0.210 e. The SMILES string of the molecule is CN1CCCC[C@H]1N(C=O)CCCOc1c[c]cc(-c2cnn(C)c2)c1. The van der Waals surface area contributed by atoms with E-state index in [1.165, 1.54) is 12.8 Å². The van der Waals surface area contributed by atoms with E-state index in [1.54, 1.807) is 4.68 Å². The third-order valence-corrected chi connectivity index (χ3v) is 4.88. The van der Waals surface area contributed by atoms with Crippen LogP contribution in [0.3, 0.4) is 0 Å². The van der Waals surface area contributed by atoms with Crippen LogP contribution in [-0.2, 0) is 11.8 Å². The summed E-state index contributed by atoms with van der Waals surface area (Å²) in [6.07, 6.45) is 9.26. The Balaban J connectivity index is 1.49. The molecule has 2 aromatic rings. The quantitative estimate of drug-likeness (QED) is 0.539. The molecule has 139 valence electrons. The number of aromatic nitrogens is 2. The Labute approximate surface area is 155 Å². The number of carbonyl (C=O) groups is 1. The molecular formula is C20H27N4O2. The largest absolute Gasteiger partial charge is 0.493 e. The van der Waals surface area contributed by atoms with Crippen LogP contribution in [0.1, 0.15) is 25.7 Å². The number of ether oxygens (including phenoxy) is 1. The highest BCUT2D eigenvalue weighted by molar-refractivity contribution is 5.63. The van der Waals surface area contributed by atoms with E-state index < -0.39 is 0 Å². The first-order valence-electron chi connectivity index (χ1n) is 9.21. The predicted molar refractivity (Wildman–Crippen MR) is 101 cm³/mol. The van der Waals surface area contributed by atoms with Crippen LogP contribution in [0.2, 0.25) is 0 Å². The molecule has 1 saturated heterocycles. The first kappa shape index (κ1) is 18.5. The van der Waals surface area contributed by atoms with Crippen LogP contribution >= 0.6 is 0 Å². The summed E-state index contributed by atoms with van der Waals surface area (Å²) in [5.41, 5.74) is 2.08. The van der Waals surface area contributed by atoms with Crippen molar-refractivity contribution < 1.29 is 9.53 Å². The predicted octanol–water partition coefficient (Wildman–Crippen LogP) is 2.56. The monoisotopic (exact) mass is 355 g/mol. The minimum Gasteiger partial charge on any atom is -0.493 e. The molecule has 1 radical (unpaired) electrons. The number of hydrogen-bond donors (Lipinski definition) is 0. The highest BCUT2D eigenvalue weighted by Crippen LogP contribution is 2.23. The molecule has 1 aromatic heterocycles. The van der Waals surface area contributed by atoms with E-state index in [0.29, 0.717) is 13.2 Å². The van der Waals surface area contributed by atoms with E-state index in [9.17, 15) is 4.79 Å². The molecule has 0 spiro atoms. The lowest BCUT2D eigenvalue weighted by Gasteiger charge is -2.38. The number of rotatable bonds is 8. The van der Waals surface area contributed by atoms with Gasteiger partial charge in [0, 0.05) is 25.4 Å². The first-order chi connectivity index (χ1) is 12.7. The van der Waals surface area contributed by atoms with Gasteiger partial charge in [0.05, 0.1) is 19.0 Å². The Bertz CT molecular complexity index is 715. The van der Waals surface area contributed by atoms with Crippen molar-refractivity contribution in [2.75, 3.05) is 26.7 Å². The van der Waals surface area contributed by atoms with Gasteiger partial charge in [-0.3, -0.25) is 14.4 Å². The van der Waals surface area contributed by atoms with Crippen LogP contribution in [0.5, 0.6) is 5.75 Å². The zero-order chi connectivity index (χ0) is 18.4. The molecule has 1 aliphatic heterocycles. The van der Waals surface area contributed by atoms with Crippen LogP contribution < -0.4 is 4.74 Å². The van der Waals surface area contributed by atoms with E-state index in [2.05, 4.69) is 23.1 Å². The number of nitrogens with zero attached hydrogens (tertiary/aromatic N) is 4. The van der Waals surface area contributed by atoms with Gasteiger partial charge in [-0.1, -0.05) is 0 Å². The Morgan fingerprint density at radius 1 is 1.35 bits per heavy atom. The zero-order valence-electron chi connectivity index (χ0n) is 15.6. The van der Waals surface area contributed by atoms with Gasteiger partial charge in [0.25, 0.3) is 0 Å². The molecule has 0 unspecified atom stereocenters. The maximum atomic E-state index is 11.5. The molecule has 0 N–H and O–H groups in total. The van der Waals surface area contributed by atoms with E-state index in [4.69, 9.17) is 4.74 Å². The fraction of sp³-hybridized carbons (Fsp3) is 0.500. The van der Waals surface area contributed by atoms with Crippen molar-refractivity contribution in [3.05, 3.63) is 36.7 Å². The zero-order valence-corrected chi connectivity index (χ0v) is 15.6. The molecule has 26 heavy (non-hydrogen) atoms. The third-order valence-electron chi connectivity index (χ3n) is 4.88. The van der Waals surface area contributed by atoms with Gasteiger partial charge in [-0.05, 0) is 69.1 Å². The van der Waals surface area contributed by atoms with E-state index >= 15 is 0 Å². The minimum absolute atomic E-state index is 0.225. The summed E-state index contributed by atoms with van der Waals surface area (Å²) in [6.45, 7) is 2.35. The number of aryl methyl sites for hydroxylation is 1. The fourth-order valence-electron chi connectivity index (χ4n) is 3.46. The third kappa shape index (κ3) is 4.64. The summed E-state index contributed by atoms with van der Waals surface area (Å²) in [5, 5.41) is 4.20. The summed E-state index contributed by atoms with van der Waals surface area (Å²) in [7, 11) is 3.99. The molecule has 1 aromatic carbocycles. The Hall–Kier alpha value is -2.34. The Morgan fingerprint density at radius 2 is 2.23 bits per heavy atom. The van der Waals surface area contributed by atoms with Gasteiger partial charge in [-0.25, -0.2) is 0 Å². The van der Waals surface area contributed by atoms with E-state index in [0.717, 1.165) is 42.7 Å². The van der Waals surface area contributed by atoms with Crippen molar-refractivity contribution >= 4 is 6.41 Å². The molecule has 2 heterocycles. The number of benzene rings is 1. The molecule has 6 heteroatoms. The molecule has 1 atom stereocenters. The molecular weight excluding hydrogens is 328 g/mol. The van der Waals surface area contributed by atoms with E-state index in [-0.39, 0.29) is 6.17 Å². The van der Waals surface area contributed by atoms with Gasteiger partial charge in [0.15, 0.2) is 0 Å². The average Bonchev–Trinajstić information content (AvgIpc) is 3.09. The number of carbonyl (C=O) groups excluding carboxylic acids is 1. The van der Waals surface area contributed by atoms with Crippen LogP contribution in [0.15, 0.2) is 30.6 Å². The molecule has 1 fully saturated rings. The van der Waals surface area contributed by atoms with Crippen LogP contribution in [-0.4, -0.2) is 58.9 Å². The first-order valence-corrected chi connectivity index (χ1v) is 9.21. The number of amides is 1. The molecule has 1 amide bonds. The summed E-state index contributed by atoms with van der Waals surface area (Å²) >= 11 is 0. The lowest BCUT2D eigenvalue weighted by atomic mass is 10.1. The standard InChI is InChI=1S/C20H27N4O2/c1-22-10-4-3-9-20(22)24(16-25)11-6-12-26-19-8-5-7-17(13-19)18-14-21-23(2)15-18/h7-8,13-16,20H,3-4,6,9-12H2,1-2H3/t20-/m1/s1. The molecule has 6 nitrogen and oxygen atoms in total. The second kappa shape index (κ2) is 8.85. The fourth-order valence-corrected chi connectivity index (χ4v) is 3.46. The van der Waals surface area contributed by atoms with Gasteiger partial charge >= 0.3 is 0 Å². The van der Waals surface area contributed by atoms with Gasteiger partial charge < -0.3 is 9.64 Å². The number of hydrogen-bond acceptors (Lipinski definition) is 4. The summed E-state index contributed by atoms with van der Waals surface area (Å²) in [6, 6.07) is 8.89. The molecule has 1 aliphatic rings. The Morgan fingerprint density at radius 3 is 2.96 bits per heavy atom. The van der Waals surface area contributed by atoms with Crippen LogP contribution in [0.25, 0.3) is 11.1 Å². The summed E-state index contributed by atoms with van der Waals surface area (Å²) in [5.74, 6) is 0.791. The van der Waals surface area contributed by atoms with Crippen LogP contribution in [0.4, 0.5) is 0 Å². The van der Waals surface area contributed by atoms with Crippen molar-refractivity contribution in [2.45, 2.75) is 31.8 Å². The Kier molecular flexibility index (Phi) is 6.28. The minimum atomic E-state index is 0.225. The van der Waals surface area contributed by atoms with Gasteiger partial charge in [-0.15, -0.1) is 0 Å². The van der Waals surface area contributed by atoms with Crippen LogP contribution in [0, 0.1) is 6.07 Å². The average molecular weight is 355 g/mol. The normalized spacial score (nSPS) is 17.8. The molecule has 0 aliphatic carbocycles. The lowest BCUT2D eigenvalue weighted by molar-refractivity contribution is -0.125. The van der Waals surface area contributed by atoms with Gasteiger partial charge in [-0.2, -0.15) is 5.10 Å². The topological polar surface area (TPSA) is 50.6 Å². The second-order valence-corrected chi connectivity index (χ2v) is 6.86. The smallest absolute Gasteiger partial charge is 0.210 e. The molecule has 3 rings (SSSR count). The van der Waals surface area contributed by atoms with Crippen molar-refractivity contribution in [3.63, 3.8) is 0 Å². The number of likely N-dealkylation sites (tertiary alicyclic amines) is 1. The van der Waals surface area contributed by atoms with Crippen molar-refractivity contribution in [1.82, 2.24) is 19.6 Å². The molecule has 0 bridgehead atoms. The summed E-state index contributed by atoms with van der Waals surface area (Å²) < 4.78 is 7.65. The maximum absolute atomic E-state index is 11.5. The van der Waals surface area contributed by atoms with Crippen molar-refractivity contribution in [1.29, 1.82) is 0 Å². The van der Waals surface area contributed by atoms with Crippen molar-refractivity contribution in [2.24, 2.45) is 7.05 Å². The number of piperidine rings is 1. The van der Waals surface area contributed by atoms with Gasteiger partial charge in [0.2, 0.25) is 6.41 Å².